The number of hydrogen-bond acceptors (Lipinski definition) is 7. The monoisotopic (exact) mass is 480 g/mol. The van der Waals surface area contributed by atoms with Crippen molar-refractivity contribution in [1.82, 2.24) is 18.8 Å². The second-order valence-electron chi connectivity index (χ2n) is 8.11. The van der Waals surface area contributed by atoms with Gasteiger partial charge in [-0.3, -0.25) is 9.59 Å². The van der Waals surface area contributed by atoms with E-state index in [2.05, 4.69) is 4.98 Å². The second kappa shape index (κ2) is 10.6. The van der Waals surface area contributed by atoms with Crippen LogP contribution in [0.4, 0.5) is 0 Å². The van der Waals surface area contributed by atoms with Crippen LogP contribution in [0.3, 0.4) is 0 Å². The number of fused-ring (bicyclic) bond motifs is 1. The van der Waals surface area contributed by atoms with Crippen LogP contribution in [0.15, 0.2) is 23.1 Å². The number of rotatable bonds is 9. The van der Waals surface area contributed by atoms with Crippen molar-refractivity contribution < 1.29 is 27.5 Å². The predicted octanol–water partition coefficient (Wildman–Crippen LogP) is 1.18. The average Bonchev–Trinajstić information content (AvgIpc) is 3.15. The number of carbonyl (C=O) groups is 2. The maximum absolute atomic E-state index is 13.0. The molecule has 0 bridgehead atoms. The molecule has 2 aromatic rings. The molecule has 182 valence electrons. The number of hydrogen-bond donors (Lipinski definition) is 0. The fourth-order valence-electron chi connectivity index (χ4n) is 3.94. The summed E-state index contributed by atoms with van der Waals surface area (Å²) in [4.78, 5) is 30.8. The molecule has 1 atom stereocenters. The number of ether oxygens (including phenoxy) is 2. The number of esters is 1. The summed E-state index contributed by atoms with van der Waals surface area (Å²) in [5.41, 5.74) is 1.37. The Bertz CT molecular complexity index is 1110. The Morgan fingerprint density at radius 2 is 1.97 bits per heavy atom. The molecule has 1 unspecified atom stereocenters. The summed E-state index contributed by atoms with van der Waals surface area (Å²) in [6, 6.07) is 4.93. The van der Waals surface area contributed by atoms with E-state index in [4.69, 9.17) is 9.47 Å². The summed E-state index contributed by atoms with van der Waals surface area (Å²) >= 11 is 0. The normalized spacial score (nSPS) is 16.0. The van der Waals surface area contributed by atoms with Crippen LogP contribution >= 0.6 is 0 Å². The van der Waals surface area contributed by atoms with Gasteiger partial charge in [-0.2, -0.15) is 4.31 Å². The average molecular weight is 481 g/mol. The van der Waals surface area contributed by atoms with E-state index in [-0.39, 0.29) is 23.2 Å². The van der Waals surface area contributed by atoms with E-state index >= 15 is 0 Å². The van der Waals surface area contributed by atoms with Crippen molar-refractivity contribution >= 4 is 32.9 Å². The summed E-state index contributed by atoms with van der Waals surface area (Å²) < 4.78 is 39.2. The van der Waals surface area contributed by atoms with Crippen LogP contribution < -0.4 is 0 Å². The highest BCUT2D eigenvalue weighted by Gasteiger charge is 2.27. The number of benzene rings is 1. The van der Waals surface area contributed by atoms with Gasteiger partial charge in [0, 0.05) is 46.1 Å². The van der Waals surface area contributed by atoms with Gasteiger partial charge in [-0.1, -0.05) is 6.92 Å². The summed E-state index contributed by atoms with van der Waals surface area (Å²) in [7, 11) is -0.430. The summed E-state index contributed by atoms with van der Waals surface area (Å²) in [5, 5.41) is 0. The minimum atomic E-state index is -3.61. The Labute approximate surface area is 194 Å². The number of amides is 1. The van der Waals surface area contributed by atoms with Crippen molar-refractivity contribution in [2.24, 2.45) is 13.0 Å². The minimum Gasteiger partial charge on any atom is -0.469 e. The zero-order valence-electron chi connectivity index (χ0n) is 19.6. The van der Waals surface area contributed by atoms with Gasteiger partial charge in [0.05, 0.1) is 42.2 Å². The third-order valence-corrected chi connectivity index (χ3v) is 7.84. The molecule has 0 saturated carbocycles. The number of morpholine rings is 1. The van der Waals surface area contributed by atoms with Gasteiger partial charge < -0.3 is 18.9 Å². The van der Waals surface area contributed by atoms with Crippen LogP contribution in [0.5, 0.6) is 0 Å². The van der Waals surface area contributed by atoms with Gasteiger partial charge in [0.25, 0.3) is 0 Å². The van der Waals surface area contributed by atoms with Gasteiger partial charge in [0.1, 0.15) is 5.82 Å². The molecule has 0 spiro atoms. The molecule has 10 nitrogen and oxygen atoms in total. The summed E-state index contributed by atoms with van der Waals surface area (Å²) in [6.45, 7) is 5.83. The van der Waals surface area contributed by atoms with Crippen molar-refractivity contribution in [2.75, 3.05) is 46.5 Å². The zero-order valence-corrected chi connectivity index (χ0v) is 20.4. The van der Waals surface area contributed by atoms with Crippen LogP contribution in [0, 0.1) is 5.92 Å². The van der Waals surface area contributed by atoms with Crippen molar-refractivity contribution in [1.29, 1.82) is 0 Å². The topological polar surface area (TPSA) is 111 Å². The first-order valence-corrected chi connectivity index (χ1v) is 12.5. The molecule has 1 aromatic heterocycles. The Morgan fingerprint density at radius 3 is 2.61 bits per heavy atom. The Kier molecular flexibility index (Phi) is 8.09. The van der Waals surface area contributed by atoms with Gasteiger partial charge in [-0.15, -0.1) is 0 Å². The van der Waals surface area contributed by atoms with Crippen LogP contribution in [0.25, 0.3) is 11.0 Å². The highest BCUT2D eigenvalue weighted by atomic mass is 32.2. The Morgan fingerprint density at radius 1 is 1.27 bits per heavy atom. The first-order chi connectivity index (χ1) is 15.7. The molecule has 1 fully saturated rings. The fourth-order valence-corrected chi connectivity index (χ4v) is 5.37. The van der Waals surface area contributed by atoms with Gasteiger partial charge >= 0.3 is 5.97 Å². The molecule has 1 aliphatic rings. The van der Waals surface area contributed by atoms with Gasteiger partial charge in [0.15, 0.2) is 0 Å². The van der Waals surface area contributed by atoms with E-state index < -0.39 is 15.9 Å². The highest BCUT2D eigenvalue weighted by Crippen LogP contribution is 2.23. The van der Waals surface area contributed by atoms with Gasteiger partial charge in [-0.25, -0.2) is 13.4 Å². The molecule has 0 aliphatic carbocycles. The first kappa shape index (κ1) is 25.1. The molecule has 2 heterocycles. The van der Waals surface area contributed by atoms with E-state index in [1.807, 2.05) is 18.5 Å². The van der Waals surface area contributed by atoms with Gasteiger partial charge in [-0.05, 0) is 25.1 Å². The molecular formula is C22H32N4O6S. The zero-order chi connectivity index (χ0) is 24.2. The molecule has 3 rings (SSSR count). The predicted molar refractivity (Wildman–Crippen MR) is 122 cm³/mol. The number of methoxy groups -OCH3 is 1. The maximum atomic E-state index is 13.0. The largest absolute Gasteiger partial charge is 0.469 e. The lowest BCUT2D eigenvalue weighted by Gasteiger charge is -2.26. The molecule has 1 saturated heterocycles. The summed E-state index contributed by atoms with van der Waals surface area (Å²) in [5.74, 6) is -0.131. The summed E-state index contributed by atoms with van der Waals surface area (Å²) in [6.07, 6.45) is 0.635. The standard InChI is InChI=1S/C22H32N4O6S/c1-5-25(15-16(2)22(28)31-4)21(27)9-8-20-23-18-14-17(6-7-19(18)24(20)3)33(29,30)26-10-12-32-13-11-26/h6-7,14,16H,5,8-13,15H2,1-4H3. The van der Waals surface area contributed by atoms with Crippen molar-refractivity contribution in [3.8, 4) is 0 Å². The number of imidazole rings is 1. The van der Waals surface area contributed by atoms with Crippen molar-refractivity contribution in [2.45, 2.75) is 31.6 Å². The quantitative estimate of drug-likeness (QED) is 0.496. The van der Waals surface area contributed by atoms with E-state index in [0.717, 1.165) is 5.52 Å². The highest BCUT2D eigenvalue weighted by molar-refractivity contribution is 7.89. The third-order valence-electron chi connectivity index (χ3n) is 5.95. The van der Waals surface area contributed by atoms with E-state index in [0.29, 0.717) is 57.2 Å². The third kappa shape index (κ3) is 5.53. The molecule has 1 amide bonds. The number of carbonyl (C=O) groups excluding carboxylic acids is 2. The number of aryl methyl sites for hydroxylation is 2. The molecule has 11 heteroatoms. The lowest BCUT2D eigenvalue weighted by atomic mass is 10.1. The van der Waals surface area contributed by atoms with Crippen molar-refractivity contribution in [3.05, 3.63) is 24.0 Å². The van der Waals surface area contributed by atoms with Crippen LogP contribution in [0.2, 0.25) is 0 Å². The van der Waals surface area contributed by atoms with Crippen LogP contribution in [-0.4, -0.2) is 85.6 Å². The molecule has 0 N–H and O–H groups in total. The minimum absolute atomic E-state index is 0.0732. The van der Waals surface area contributed by atoms with Gasteiger partial charge in [0.2, 0.25) is 15.9 Å². The van der Waals surface area contributed by atoms with E-state index in [9.17, 15) is 18.0 Å². The second-order valence-corrected chi connectivity index (χ2v) is 10.0. The lowest BCUT2D eigenvalue weighted by Crippen LogP contribution is -2.40. The molecule has 1 aliphatic heterocycles. The smallest absolute Gasteiger partial charge is 0.310 e. The van der Waals surface area contributed by atoms with E-state index in [1.54, 1.807) is 30.0 Å². The van der Waals surface area contributed by atoms with E-state index in [1.165, 1.54) is 11.4 Å². The molecular weight excluding hydrogens is 448 g/mol. The maximum Gasteiger partial charge on any atom is 0.310 e. The Hall–Kier alpha value is -2.50. The van der Waals surface area contributed by atoms with Crippen LogP contribution in [-0.2, 0) is 42.6 Å². The molecule has 0 radical (unpaired) electrons. The number of aromatic nitrogens is 2. The Balaban J connectivity index is 1.73. The molecule has 33 heavy (non-hydrogen) atoms. The number of nitrogens with zero attached hydrogens (tertiary/aromatic N) is 4. The fraction of sp³-hybridized carbons (Fsp3) is 0.591. The van der Waals surface area contributed by atoms with Crippen LogP contribution in [0.1, 0.15) is 26.1 Å². The molecule has 1 aromatic carbocycles. The lowest BCUT2D eigenvalue weighted by molar-refractivity contribution is -0.146. The van der Waals surface area contributed by atoms with Crippen molar-refractivity contribution in [3.63, 3.8) is 0 Å². The number of sulfonamides is 1. The SMILES string of the molecule is CCN(CC(C)C(=O)OC)C(=O)CCc1nc2cc(S(=O)(=O)N3CCOCC3)ccc2n1C. The first-order valence-electron chi connectivity index (χ1n) is 11.1.